The molecule has 1 aliphatic rings. The predicted octanol–water partition coefficient (Wildman–Crippen LogP) is 3.60. The largest absolute Gasteiger partial charge is 0.444 e. The molecule has 0 saturated carbocycles. The summed E-state index contributed by atoms with van der Waals surface area (Å²) in [5, 5.41) is 0. The highest BCUT2D eigenvalue weighted by Crippen LogP contribution is 2.29. The van der Waals surface area contributed by atoms with Crippen LogP contribution in [0.3, 0.4) is 0 Å². The molecular weight excluding hydrogens is 360 g/mol. The van der Waals surface area contributed by atoms with Gasteiger partial charge >= 0.3 is 6.09 Å². The second-order valence-corrected chi connectivity index (χ2v) is 7.67. The average Bonchev–Trinajstić information content (AvgIpc) is 2.44. The van der Waals surface area contributed by atoms with Crippen LogP contribution in [0.4, 0.5) is 10.5 Å². The summed E-state index contributed by atoms with van der Waals surface area (Å²) in [7, 11) is 1.58. The zero-order chi connectivity index (χ0) is 17.2. The van der Waals surface area contributed by atoms with Gasteiger partial charge in [-0.2, -0.15) is 0 Å². The predicted molar refractivity (Wildman–Crippen MR) is 93.7 cm³/mol. The summed E-state index contributed by atoms with van der Waals surface area (Å²) >= 11 is 3.46. The molecule has 2 amide bonds. The molecule has 1 aromatic rings. The van der Waals surface area contributed by atoms with Crippen LogP contribution >= 0.6 is 15.9 Å². The Morgan fingerprint density at radius 2 is 2.04 bits per heavy atom. The highest BCUT2D eigenvalue weighted by molar-refractivity contribution is 9.10. The Morgan fingerprint density at radius 3 is 2.70 bits per heavy atom. The molecule has 2 rings (SSSR count). The van der Waals surface area contributed by atoms with E-state index in [1.807, 2.05) is 18.2 Å². The molecule has 0 fully saturated rings. The number of amides is 2. The van der Waals surface area contributed by atoms with E-state index in [2.05, 4.69) is 15.9 Å². The summed E-state index contributed by atoms with van der Waals surface area (Å²) in [6.45, 7) is 6.10. The van der Waals surface area contributed by atoms with Crippen LogP contribution < -0.4 is 4.90 Å². The first kappa shape index (κ1) is 17.8. The van der Waals surface area contributed by atoms with Gasteiger partial charge in [0.25, 0.3) is 0 Å². The van der Waals surface area contributed by atoms with E-state index in [4.69, 9.17) is 4.74 Å². The van der Waals surface area contributed by atoms with Crippen LogP contribution in [-0.4, -0.2) is 42.6 Å². The molecule has 0 aromatic heterocycles. The van der Waals surface area contributed by atoms with Crippen LogP contribution in [0.5, 0.6) is 0 Å². The van der Waals surface area contributed by atoms with Crippen molar-refractivity contribution < 1.29 is 14.3 Å². The Bertz CT molecular complexity index is 610. The van der Waals surface area contributed by atoms with Gasteiger partial charge in [0, 0.05) is 23.8 Å². The number of anilines is 1. The lowest BCUT2D eigenvalue weighted by Crippen LogP contribution is -2.44. The number of likely N-dealkylation sites (N-methyl/N-ethyl adjacent to an activating group) is 1. The van der Waals surface area contributed by atoms with Crippen molar-refractivity contribution in [3.8, 4) is 0 Å². The molecule has 1 aliphatic heterocycles. The number of fused-ring (bicyclic) bond motifs is 1. The molecule has 0 unspecified atom stereocenters. The number of carbonyl (C=O) groups excluding carboxylic acids is 2. The Labute approximate surface area is 145 Å². The number of aryl methyl sites for hydroxylation is 1. The van der Waals surface area contributed by atoms with Crippen LogP contribution in [0.15, 0.2) is 22.7 Å². The molecule has 0 atom stereocenters. The van der Waals surface area contributed by atoms with Crippen LogP contribution in [0.2, 0.25) is 0 Å². The Balaban J connectivity index is 2.06. The Morgan fingerprint density at radius 1 is 1.35 bits per heavy atom. The van der Waals surface area contributed by atoms with Gasteiger partial charge in [0.1, 0.15) is 12.1 Å². The second-order valence-electron chi connectivity index (χ2n) is 6.76. The number of hydrogen-bond donors (Lipinski definition) is 0. The molecule has 0 aliphatic carbocycles. The fourth-order valence-corrected chi connectivity index (χ4v) is 2.93. The molecule has 0 spiro atoms. The van der Waals surface area contributed by atoms with Gasteiger partial charge in [0.2, 0.25) is 5.91 Å². The number of carbonyl (C=O) groups is 2. The molecule has 0 N–H and O–H groups in total. The van der Waals surface area contributed by atoms with Gasteiger partial charge in [0.05, 0.1) is 0 Å². The van der Waals surface area contributed by atoms with E-state index in [0.717, 1.165) is 28.6 Å². The molecule has 0 bridgehead atoms. The lowest BCUT2D eigenvalue weighted by molar-refractivity contribution is -0.119. The summed E-state index contributed by atoms with van der Waals surface area (Å²) in [5.41, 5.74) is 1.51. The number of rotatable bonds is 2. The quantitative estimate of drug-likeness (QED) is 0.784. The second kappa shape index (κ2) is 6.91. The lowest BCUT2D eigenvalue weighted by atomic mass is 10.0. The first-order valence-electron chi connectivity index (χ1n) is 7.70. The van der Waals surface area contributed by atoms with Gasteiger partial charge < -0.3 is 14.5 Å². The van der Waals surface area contributed by atoms with E-state index in [1.54, 1.807) is 32.7 Å². The molecule has 0 radical (unpaired) electrons. The Hall–Kier alpha value is -1.56. The van der Waals surface area contributed by atoms with Crippen molar-refractivity contribution in [3.63, 3.8) is 0 Å². The molecule has 126 valence electrons. The normalized spacial score (nSPS) is 14.2. The number of halogens is 1. The van der Waals surface area contributed by atoms with Crippen molar-refractivity contribution in [1.29, 1.82) is 0 Å². The van der Waals surface area contributed by atoms with Gasteiger partial charge in [-0.15, -0.1) is 0 Å². The van der Waals surface area contributed by atoms with Crippen LogP contribution in [0, 0.1) is 0 Å². The van der Waals surface area contributed by atoms with Crippen molar-refractivity contribution >= 4 is 33.6 Å². The smallest absolute Gasteiger partial charge is 0.410 e. The highest BCUT2D eigenvalue weighted by Gasteiger charge is 2.26. The van der Waals surface area contributed by atoms with Crippen LogP contribution in [0.1, 0.15) is 32.8 Å². The average molecular weight is 383 g/mol. The number of benzene rings is 1. The minimum atomic E-state index is -0.571. The van der Waals surface area contributed by atoms with E-state index in [-0.39, 0.29) is 12.5 Å². The van der Waals surface area contributed by atoms with Crippen LogP contribution in [0.25, 0.3) is 0 Å². The van der Waals surface area contributed by atoms with E-state index < -0.39 is 11.7 Å². The lowest BCUT2D eigenvalue weighted by Gasteiger charge is -2.31. The van der Waals surface area contributed by atoms with Crippen molar-refractivity contribution in [1.82, 2.24) is 4.90 Å². The first-order chi connectivity index (χ1) is 10.7. The van der Waals surface area contributed by atoms with Crippen molar-refractivity contribution in [3.05, 3.63) is 28.2 Å². The zero-order valence-electron chi connectivity index (χ0n) is 14.1. The summed E-state index contributed by atoms with van der Waals surface area (Å²) in [6, 6.07) is 5.93. The SMILES string of the molecule is CN(CC(=O)N1CCCc2cc(Br)ccc21)C(=O)OC(C)(C)C. The maximum absolute atomic E-state index is 12.6. The summed E-state index contributed by atoms with van der Waals surface area (Å²) in [4.78, 5) is 27.7. The monoisotopic (exact) mass is 382 g/mol. The topological polar surface area (TPSA) is 49.9 Å². The van der Waals surface area contributed by atoms with Gasteiger partial charge in [-0.3, -0.25) is 4.79 Å². The van der Waals surface area contributed by atoms with Crippen molar-refractivity contribution in [2.45, 2.75) is 39.2 Å². The van der Waals surface area contributed by atoms with Gasteiger partial charge in [-0.05, 0) is 57.4 Å². The number of hydrogen-bond acceptors (Lipinski definition) is 3. The molecule has 1 aromatic carbocycles. The molecule has 0 saturated heterocycles. The fourth-order valence-electron chi connectivity index (χ4n) is 2.52. The minimum Gasteiger partial charge on any atom is -0.444 e. The summed E-state index contributed by atoms with van der Waals surface area (Å²) in [5.74, 6) is -0.0957. The molecule has 23 heavy (non-hydrogen) atoms. The molecule has 1 heterocycles. The first-order valence-corrected chi connectivity index (χ1v) is 8.49. The van der Waals surface area contributed by atoms with E-state index in [0.29, 0.717) is 6.54 Å². The van der Waals surface area contributed by atoms with E-state index in [1.165, 1.54) is 4.90 Å². The summed E-state index contributed by atoms with van der Waals surface area (Å²) in [6.07, 6.45) is 1.39. The maximum Gasteiger partial charge on any atom is 0.410 e. The number of ether oxygens (including phenoxy) is 1. The molecule has 6 heteroatoms. The van der Waals surface area contributed by atoms with Gasteiger partial charge in [-0.25, -0.2) is 4.79 Å². The number of nitrogens with zero attached hydrogens (tertiary/aromatic N) is 2. The van der Waals surface area contributed by atoms with Gasteiger partial charge in [0.15, 0.2) is 0 Å². The Kier molecular flexibility index (Phi) is 5.34. The fraction of sp³-hybridized carbons (Fsp3) is 0.529. The van der Waals surface area contributed by atoms with Crippen LogP contribution in [-0.2, 0) is 16.0 Å². The molecule has 5 nitrogen and oxygen atoms in total. The van der Waals surface area contributed by atoms with E-state index >= 15 is 0 Å². The van der Waals surface area contributed by atoms with Crippen molar-refractivity contribution in [2.75, 3.05) is 25.0 Å². The third-order valence-corrected chi connectivity index (χ3v) is 4.03. The van der Waals surface area contributed by atoms with Gasteiger partial charge in [-0.1, -0.05) is 15.9 Å². The standard InChI is InChI=1S/C17H23BrN2O3/c1-17(2,3)23-16(22)19(4)11-15(21)20-9-5-6-12-10-13(18)7-8-14(12)20/h7-8,10H,5-6,9,11H2,1-4H3. The van der Waals surface area contributed by atoms with Crippen molar-refractivity contribution in [2.24, 2.45) is 0 Å². The zero-order valence-corrected chi connectivity index (χ0v) is 15.6. The maximum atomic E-state index is 12.6. The third-order valence-electron chi connectivity index (χ3n) is 3.54. The summed E-state index contributed by atoms with van der Waals surface area (Å²) < 4.78 is 6.29. The highest BCUT2D eigenvalue weighted by atomic mass is 79.9. The minimum absolute atomic E-state index is 0.00438. The third kappa shape index (κ3) is 4.70. The van der Waals surface area contributed by atoms with E-state index in [9.17, 15) is 9.59 Å². The molecular formula is C17H23BrN2O3.